The van der Waals surface area contributed by atoms with Crippen LogP contribution in [0.2, 0.25) is 0 Å². The fourth-order valence-corrected chi connectivity index (χ4v) is 5.00. The Morgan fingerprint density at radius 2 is 1.78 bits per heavy atom. The first-order chi connectivity index (χ1) is 18.1. The number of amides is 2. The van der Waals surface area contributed by atoms with E-state index >= 15 is 0 Å². The number of hydrogen-bond acceptors (Lipinski definition) is 5. The highest BCUT2D eigenvalue weighted by Gasteiger charge is 2.33. The lowest BCUT2D eigenvalue weighted by Crippen LogP contribution is -2.46. The van der Waals surface area contributed by atoms with E-state index in [1.807, 2.05) is 78.9 Å². The van der Waals surface area contributed by atoms with Crippen molar-refractivity contribution in [3.05, 3.63) is 90.0 Å². The van der Waals surface area contributed by atoms with Crippen molar-refractivity contribution in [3.8, 4) is 5.75 Å². The van der Waals surface area contributed by atoms with E-state index in [0.717, 1.165) is 42.3 Å². The summed E-state index contributed by atoms with van der Waals surface area (Å²) in [5.74, 6) is 0.297. The highest BCUT2D eigenvalue weighted by Crippen LogP contribution is 2.27. The Morgan fingerprint density at radius 3 is 2.57 bits per heavy atom. The van der Waals surface area contributed by atoms with Crippen molar-refractivity contribution in [1.82, 2.24) is 25.2 Å². The molecule has 37 heavy (non-hydrogen) atoms. The lowest BCUT2D eigenvalue weighted by Gasteiger charge is -2.32. The third-order valence-corrected chi connectivity index (χ3v) is 6.89. The summed E-state index contributed by atoms with van der Waals surface area (Å²) in [6.45, 7) is 0.199. The maximum atomic E-state index is 14.0. The summed E-state index contributed by atoms with van der Waals surface area (Å²) < 4.78 is 7.00. The minimum Gasteiger partial charge on any atom is -0.497 e. The highest BCUT2D eigenvalue weighted by atomic mass is 16.5. The molecule has 5 rings (SSSR count). The third-order valence-electron chi connectivity index (χ3n) is 6.89. The molecule has 8 heteroatoms. The van der Waals surface area contributed by atoms with E-state index in [4.69, 9.17) is 4.74 Å². The first kappa shape index (κ1) is 24.5. The molecule has 1 aliphatic carbocycles. The quantitative estimate of drug-likeness (QED) is 0.373. The van der Waals surface area contributed by atoms with Crippen LogP contribution in [0.15, 0.2) is 78.9 Å². The molecular formula is C29H31N5O3. The molecule has 1 atom stereocenters. The van der Waals surface area contributed by atoms with E-state index in [1.165, 1.54) is 0 Å². The Hall–Kier alpha value is -4.20. The molecule has 0 unspecified atom stereocenters. The lowest BCUT2D eigenvalue weighted by atomic mass is 10.0. The zero-order valence-corrected chi connectivity index (χ0v) is 20.9. The second-order valence-electron chi connectivity index (χ2n) is 9.41. The lowest BCUT2D eigenvalue weighted by molar-refractivity contribution is -0.142. The molecule has 8 nitrogen and oxygen atoms in total. The van der Waals surface area contributed by atoms with Gasteiger partial charge >= 0.3 is 0 Å². The summed E-state index contributed by atoms with van der Waals surface area (Å²) in [7, 11) is 1.61. The van der Waals surface area contributed by atoms with Gasteiger partial charge in [-0.3, -0.25) is 9.59 Å². The van der Waals surface area contributed by atoms with Gasteiger partial charge in [0.1, 0.15) is 23.9 Å². The molecule has 1 heterocycles. The average Bonchev–Trinajstić information content (AvgIpc) is 3.59. The fourth-order valence-electron chi connectivity index (χ4n) is 5.00. The topological polar surface area (TPSA) is 89.3 Å². The van der Waals surface area contributed by atoms with E-state index in [2.05, 4.69) is 15.6 Å². The second kappa shape index (κ2) is 11.2. The van der Waals surface area contributed by atoms with Crippen LogP contribution in [-0.2, 0) is 22.7 Å². The number of carbonyl (C=O) groups excluding carboxylic acids is 2. The normalized spacial score (nSPS) is 14.4. The van der Waals surface area contributed by atoms with Gasteiger partial charge in [0.05, 0.1) is 12.6 Å². The number of nitrogens with zero attached hydrogens (tertiary/aromatic N) is 4. The monoisotopic (exact) mass is 497 g/mol. The van der Waals surface area contributed by atoms with Gasteiger partial charge in [-0.2, -0.15) is 0 Å². The minimum atomic E-state index is -0.796. The minimum absolute atomic E-state index is 0.0372. The smallest absolute Gasteiger partial charge is 0.247 e. The van der Waals surface area contributed by atoms with Crippen molar-refractivity contribution in [2.24, 2.45) is 0 Å². The van der Waals surface area contributed by atoms with Crippen molar-refractivity contribution in [2.45, 2.75) is 50.9 Å². The zero-order valence-electron chi connectivity index (χ0n) is 20.9. The van der Waals surface area contributed by atoms with Gasteiger partial charge in [0.15, 0.2) is 0 Å². The summed E-state index contributed by atoms with van der Waals surface area (Å²) in [5.41, 5.74) is 3.11. The maximum absolute atomic E-state index is 14.0. The standard InChI is InChI=1S/C29H31N5O3/c1-37-24-15-9-10-21(18-24)19-33(27(35)20-34-26-17-8-7-16-25(26)31-32-34)28(22-11-3-2-4-12-22)29(36)30-23-13-5-6-14-23/h2-4,7-12,15-18,23,28H,5-6,13-14,19-20H2,1H3,(H,30,36)/t28-/m1/s1. The predicted molar refractivity (Wildman–Crippen MR) is 141 cm³/mol. The fraction of sp³-hybridized carbons (Fsp3) is 0.310. The molecule has 1 saturated carbocycles. The first-order valence-corrected chi connectivity index (χ1v) is 12.7. The molecule has 1 aliphatic rings. The number of hydrogen-bond donors (Lipinski definition) is 1. The molecular weight excluding hydrogens is 466 g/mol. The molecule has 1 N–H and O–H groups in total. The van der Waals surface area contributed by atoms with Crippen molar-refractivity contribution < 1.29 is 14.3 Å². The predicted octanol–water partition coefficient (Wildman–Crippen LogP) is 4.27. The van der Waals surface area contributed by atoms with Gasteiger partial charge in [-0.15, -0.1) is 5.10 Å². The van der Waals surface area contributed by atoms with Crippen molar-refractivity contribution >= 4 is 22.8 Å². The van der Waals surface area contributed by atoms with Crippen LogP contribution in [0.3, 0.4) is 0 Å². The number of nitrogens with one attached hydrogen (secondary N) is 1. The SMILES string of the molecule is COc1cccc(CN(C(=O)Cn2nnc3ccccc32)[C@@H](C(=O)NC2CCCC2)c2ccccc2)c1. The van der Waals surface area contributed by atoms with Crippen LogP contribution in [0.5, 0.6) is 5.75 Å². The van der Waals surface area contributed by atoms with Crippen LogP contribution in [0.1, 0.15) is 42.9 Å². The Kier molecular flexibility index (Phi) is 7.44. The number of carbonyl (C=O) groups is 2. The van der Waals surface area contributed by atoms with Gasteiger partial charge in [-0.05, 0) is 48.2 Å². The third kappa shape index (κ3) is 5.63. The number of methoxy groups -OCH3 is 1. The molecule has 0 saturated heterocycles. The molecule has 0 spiro atoms. The van der Waals surface area contributed by atoms with Crippen LogP contribution >= 0.6 is 0 Å². The van der Waals surface area contributed by atoms with E-state index < -0.39 is 6.04 Å². The summed E-state index contributed by atoms with van der Waals surface area (Å²) in [5, 5.41) is 11.6. The molecule has 0 bridgehead atoms. The summed E-state index contributed by atoms with van der Waals surface area (Å²) >= 11 is 0. The van der Waals surface area contributed by atoms with Crippen LogP contribution < -0.4 is 10.1 Å². The first-order valence-electron chi connectivity index (χ1n) is 12.7. The van der Waals surface area contributed by atoms with Gasteiger partial charge < -0.3 is 15.0 Å². The number of fused-ring (bicyclic) bond motifs is 1. The van der Waals surface area contributed by atoms with Gasteiger partial charge in [-0.1, -0.05) is 72.7 Å². The zero-order chi connectivity index (χ0) is 25.6. The van der Waals surface area contributed by atoms with Gasteiger partial charge in [0, 0.05) is 12.6 Å². The van der Waals surface area contributed by atoms with Crippen LogP contribution in [0.25, 0.3) is 11.0 Å². The number of para-hydroxylation sites is 1. The van der Waals surface area contributed by atoms with E-state index in [0.29, 0.717) is 11.3 Å². The number of benzene rings is 3. The molecule has 190 valence electrons. The molecule has 1 aromatic heterocycles. The molecule has 0 aliphatic heterocycles. The number of ether oxygens (including phenoxy) is 1. The molecule has 1 fully saturated rings. The van der Waals surface area contributed by atoms with Gasteiger partial charge in [0.25, 0.3) is 0 Å². The Morgan fingerprint density at radius 1 is 1.03 bits per heavy atom. The maximum Gasteiger partial charge on any atom is 0.247 e. The van der Waals surface area contributed by atoms with E-state index in [1.54, 1.807) is 16.7 Å². The van der Waals surface area contributed by atoms with Crippen molar-refractivity contribution in [3.63, 3.8) is 0 Å². The van der Waals surface area contributed by atoms with Gasteiger partial charge in [-0.25, -0.2) is 4.68 Å². The Balaban J connectivity index is 1.52. The van der Waals surface area contributed by atoms with E-state index in [-0.39, 0.29) is 30.9 Å². The highest BCUT2D eigenvalue weighted by molar-refractivity contribution is 5.89. The van der Waals surface area contributed by atoms with Crippen molar-refractivity contribution in [2.75, 3.05) is 7.11 Å². The average molecular weight is 498 g/mol. The molecule has 2 amide bonds. The van der Waals surface area contributed by atoms with Crippen LogP contribution in [0.4, 0.5) is 0 Å². The largest absolute Gasteiger partial charge is 0.497 e. The van der Waals surface area contributed by atoms with Crippen LogP contribution in [0, 0.1) is 0 Å². The second-order valence-corrected chi connectivity index (χ2v) is 9.41. The summed E-state index contributed by atoms with van der Waals surface area (Å²) in [4.78, 5) is 29.4. The summed E-state index contributed by atoms with van der Waals surface area (Å²) in [6.07, 6.45) is 4.13. The molecule has 4 aromatic rings. The molecule has 3 aromatic carbocycles. The molecule has 0 radical (unpaired) electrons. The number of aromatic nitrogens is 3. The Labute approximate surface area is 216 Å². The number of rotatable bonds is 9. The van der Waals surface area contributed by atoms with Crippen LogP contribution in [-0.4, -0.2) is 44.9 Å². The van der Waals surface area contributed by atoms with Crippen molar-refractivity contribution in [1.29, 1.82) is 0 Å². The Bertz CT molecular complexity index is 1360. The van der Waals surface area contributed by atoms with Gasteiger partial charge in [0.2, 0.25) is 11.8 Å². The van der Waals surface area contributed by atoms with E-state index in [9.17, 15) is 9.59 Å². The summed E-state index contributed by atoms with van der Waals surface area (Å²) in [6, 6.07) is 23.9.